The van der Waals surface area contributed by atoms with Crippen molar-refractivity contribution in [2.24, 2.45) is 0 Å². The van der Waals surface area contributed by atoms with Crippen molar-refractivity contribution >= 4 is 11.0 Å². The Morgan fingerprint density at radius 3 is 2.65 bits per heavy atom. The van der Waals surface area contributed by atoms with Crippen molar-refractivity contribution in [2.75, 3.05) is 6.73 Å². The first-order valence-corrected chi connectivity index (χ1v) is 8.85. The van der Waals surface area contributed by atoms with Gasteiger partial charge in [0.1, 0.15) is 24.7 Å². The van der Waals surface area contributed by atoms with Crippen LogP contribution in [0.25, 0.3) is 11.0 Å². The molecule has 0 fully saturated rings. The van der Waals surface area contributed by atoms with Crippen molar-refractivity contribution in [1.29, 1.82) is 0 Å². The third-order valence-corrected chi connectivity index (χ3v) is 5.09. The van der Waals surface area contributed by atoms with Gasteiger partial charge in [-0.25, -0.2) is 9.18 Å². The Kier molecular flexibility index (Phi) is 4.24. The van der Waals surface area contributed by atoms with E-state index in [0.717, 1.165) is 33.4 Å². The first-order valence-electron chi connectivity index (χ1n) is 8.85. The average molecular weight is 354 g/mol. The van der Waals surface area contributed by atoms with Crippen LogP contribution in [0, 0.1) is 12.7 Å². The summed E-state index contributed by atoms with van der Waals surface area (Å²) in [4.78, 5) is 13.5. The normalized spacial score (nSPS) is 16.3. The first-order chi connectivity index (χ1) is 12.6. The summed E-state index contributed by atoms with van der Waals surface area (Å²) in [5, 5.41) is 0.965. The van der Waals surface area contributed by atoms with E-state index in [0.29, 0.717) is 31.8 Å². The zero-order valence-electron chi connectivity index (χ0n) is 14.9. The molecule has 0 spiro atoms. The molecule has 2 heterocycles. The fraction of sp³-hybridized carbons (Fsp3) is 0.286. The minimum absolute atomic E-state index is 0.237. The molecule has 1 atom stereocenters. The van der Waals surface area contributed by atoms with E-state index in [-0.39, 0.29) is 11.4 Å². The summed E-state index contributed by atoms with van der Waals surface area (Å²) in [7, 11) is 0. The number of benzene rings is 2. The number of ether oxygens (including phenoxy) is 1. The Bertz CT molecular complexity index is 1020. The minimum Gasteiger partial charge on any atom is -0.445 e. The van der Waals surface area contributed by atoms with Gasteiger partial charge in [0.15, 0.2) is 5.58 Å². The molecule has 0 bridgehead atoms. The molecule has 0 saturated heterocycles. The van der Waals surface area contributed by atoms with Crippen molar-refractivity contribution in [3.63, 3.8) is 0 Å². The lowest BCUT2D eigenvalue weighted by Crippen LogP contribution is -3.10. The highest BCUT2D eigenvalue weighted by atomic mass is 19.1. The van der Waals surface area contributed by atoms with Crippen LogP contribution in [0.4, 0.5) is 4.39 Å². The van der Waals surface area contributed by atoms with Gasteiger partial charge in [0.25, 0.3) is 0 Å². The molecule has 1 unspecified atom stereocenters. The summed E-state index contributed by atoms with van der Waals surface area (Å²) in [6.07, 6.45) is 0.652. The van der Waals surface area contributed by atoms with Crippen LogP contribution in [-0.2, 0) is 19.5 Å². The maximum atomic E-state index is 13.1. The highest BCUT2D eigenvalue weighted by molar-refractivity contribution is 5.85. The molecule has 4 nitrogen and oxygen atoms in total. The van der Waals surface area contributed by atoms with E-state index in [2.05, 4.69) is 0 Å². The smallest absolute Gasteiger partial charge is 0.339 e. The molecular formula is C21H21FNO3+. The molecule has 4 rings (SSSR count). The van der Waals surface area contributed by atoms with E-state index in [9.17, 15) is 9.18 Å². The van der Waals surface area contributed by atoms with Crippen molar-refractivity contribution < 1.29 is 18.4 Å². The average Bonchev–Trinajstić information content (AvgIpc) is 2.64. The molecule has 0 saturated carbocycles. The molecule has 5 heteroatoms. The largest absolute Gasteiger partial charge is 0.445 e. The first kappa shape index (κ1) is 16.8. The number of quaternary nitrogens is 1. The Balaban J connectivity index is 1.72. The molecule has 0 amide bonds. The molecular weight excluding hydrogens is 333 g/mol. The molecule has 0 aliphatic carbocycles. The Morgan fingerprint density at radius 2 is 1.92 bits per heavy atom. The van der Waals surface area contributed by atoms with E-state index < -0.39 is 0 Å². The number of fused-ring (bicyclic) bond motifs is 3. The Morgan fingerprint density at radius 1 is 1.15 bits per heavy atom. The van der Waals surface area contributed by atoms with Crippen LogP contribution in [0.1, 0.15) is 29.2 Å². The number of rotatable bonds is 3. The summed E-state index contributed by atoms with van der Waals surface area (Å²) in [5.74, 6) is 0.533. The molecule has 3 aromatic rings. The summed E-state index contributed by atoms with van der Waals surface area (Å²) >= 11 is 0. The second kappa shape index (κ2) is 6.57. The van der Waals surface area contributed by atoms with Crippen LogP contribution >= 0.6 is 0 Å². The van der Waals surface area contributed by atoms with Gasteiger partial charge in [-0.2, -0.15) is 0 Å². The molecule has 0 radical (unpaired) electrons. The molecule has 1 aromatic heterocycles. The van der Waals surface area contributed by atoms with Crippen molar-refractivity contribution in [3.05, 3.63) is 74.9 Å². The van der Waals surface area contributed by atoms with Crippen LogP contribution in [-0.4, -0.2) is 6.73 Å². The van der Waals surface area contributed by atoms with Gasteiger partial charge in [-0.15, -0.1) is 0 Å². The lowest BCUT2D eigenvalue weighted by molar-refractivity contribution is -0.945. The van der Waals surface area contributed by atoms with Gasteiger partial charge in [-0.3, -0.25) is 4.90 Å². The van der Waals surface area contributed by atoms with E-state index in [1.54, 1.807) is 12.1 Å². The second-order valence-corrected chi connectivity index (χ2v) is 6.78. The lowest BCUT2D eigenvalue weighted by atomic mass is 10.0. The third kappa shape index (κ3) is 2.88. The third-order valence-electron chi connectivity index (χ3n) is 5.09. The minimum atomic E-state index is -0.267. The molecule has 1 aliphatic rings. The van der Waals surface area contributed by atoms with Crippen LogP contribution in [0.15, 0.2) is 45.6 Å². The zero-order chi connectivity index (χ0) is 18.3. The Labute approximate surface area is 150 Å². The highest BCUT2D eigenvalue weighted by Gasteiger charge is 2.25. The number of hydrogen-bond donors (Lipinski definition) is 1. The summed E-state index contributed by atoms with van der Waals surface area (Å²) in [5.41, 5.74) is 4.03. The van der Waals surface area contributed by atoms with Crippen LogP contribution in [0.3, 0.4) is 0 Å². The van der Waals surface area contributed by atoms with Gasteiger partial charge in [0, 0.05) is 16.5 Å². The summed E-state index contributed by atoms with van der Waals surface area (Å²) in [6.45, 7) is 5.86. The van der Waals surface area contributed by atoms with Crippen molar-refractivity contribution in [3.8, 4) is 5.75 Å². The van der Waals surface area contributed by atoms with Gasteiger partial charge in [0.05, 0.1) is 5.56 Å². The topological polar surface area (TPSA) is 43.9 Å². The fourth-order valence-electron chi connectivity index (χ4n) is 3.69. The van der Waals surface area contributed by atoms with Crippen LogP contribution in [0.2, 0.25) is 0 Å². The predicted molar refractivity (Wildman–Crippen MR) is 96.9 cm³/mol. The van der Waals surface area contributed by atoms with E-state index in [1.165, 1.54) is 17.0 Å². The van der Waals surface area contributed by atoms with Gasteiger partial charge in [0.2, 0.25) is 6.73 Å². The van der Waals surface area contributed by atoms with Gasteiger partial charge >= 0.3 is 5.63 Å². The molecule has 1 N–H and O–H groups in total. The number of hydrogen-bond acceptors (Lipinski definition) is 3. The summed E-state index contributed by atoms with van der Waals surface area (Å²) in [6, 6.07) is 10.4. The van der Waals surface area contributed by atoms with Crippen molar-refractivity contribution in [1.82, 2.24) is 0 Å². The number of nitrogens with one attached hydrogen (secondary N) is 1. The predicted octanol–water partition coefficient (Wildman–Crippen LogP) is 2.74. The SMILES string of the molecule is CCc1c(C)c2ccc3c(c2oc1=O)C[NH+](Cc1ccc(F)cc1)CO3. The molecule has 2 aromatic carbocycles. The van der Waals surface area contributed by atoms with Gasteiger partial charge in [-0.1, -0.05) is 19.1 Å². The quantitative estimate of drug-likeness (QED) is 0.736. The zero-order valence-corrected chi connectivity index (χ0v) is 14.9. The van der Waals surface area contributed by atoms with Gasteiger partial charge < -0.3 is 9.15 Å². The maximum Gasteiger partial charge on any atom is 0.339 e. The molecule has 134 valence electrons. The maximum absolute atomic E-state index is 13.1. The van der Waals surface area contributed by atoms with Crippen LogP contribution < -0.4 is 15.3 Å². The fourth-order valence-corrected chi connectivity index (χ4v) is 3.69. The Hall–Kier alpha value is -2.66. The number of aryl methyl sites for hydroxylation is 1. The summed E-state index contributed by atoms with van der Waals surface area (Å²) < 4.78 is 24.7. The second-order valence-electron chi connectivity index (χ2n) is 6.78. The van der Waals surface area contributed by atoms with E-state index >= 15 is 0 Å². The molecule has 1 aliphatic heterocycles. The van der Waals surface area contributed by atoms with E-state index in [4.69, 9.17) is 9.15 Å². The highest BCUT2D eigenvalue weighted by Crippen LogP contribution is 2.30. The van der Waals surface area contributed by atoms with Gasteiger partial charge in [-0.05, 0) is 43.2 Å². The van der Waals surface area contributed by atoms with Crippen molar-refractivity contribution in [2.45, 2.75) is 33.4 Å². The molecule has 26 heavy (non-hydrogen) atoms. The van der Waals surface area contributed by atoms with Crippen LogP contribution in [0.5, 0.6) is 5.75 Å². The number of halogens is 1. The monoisotopic (exact) mass is 354 g/mol. The lowest BCUT2D eigenvalue weighted by Gasteiger charge is -2.26. The van der Waals surface area contributed by atoms with E-state index in [1.807, 2.05) is 26.0 Å². The standard InChI is InChI=1S/C21H20FNO3/c1-3-16-13(2)17-8-9-19-18(20(17)26-21(16)24)11-23(12-25-19)10-14-4-6-15(22)7-5-14/h4-9H,3,10-12H2,1-2H3/p+1.